The van der Waals surface area contributed by atoms with Gasteiger partial charge < -0.3 is 4.57 Å². The molecule has 0 aliphatic heterocycles. The third-order valence-corrected chi connectivity index (χ3v) is 9.15. The van der Waals surface area contributed by atoms with Crippen LogP contribution in [-0.4, -0.2) is 19.5 Å². The summed E-state index contributed by atoms with van der Waals surface area (Å²) in [5.41, 5.74) is 10.4. The van der Waals surface area contributed by atoms with E-state index in [9.17, 15) is 4.39 Å². The molecule has 0 N–H and O–H groups in total. The number of aromatic nitrogens is 4. The summed E-state index contributed by atoms with van der Waals surface area (Å²) in [7, 11) is 0. The van der Waals surface area contributed by atoms with Crippen LogP contribution in [0.4, 0.5) is 4.39 Å². The second-order valence-corrected chi connectivity index (χ2v) is 12.3. The van der Waals surface area contributed by atoms with Gasteiger partial charge in [0.25, 0.3) is 0 Å². The minimum atomic E-state index is -0.309. The first-order valence-corrected chi connectivity index (χ1v) is 16.6. The van der Waals surface area contributed by atoms with Crippen LogP contribution in [0.15, 0.2) is 176 Å². The molecule has 9 aromatic rings. The van der Waals surface area contributed by atoms with Crippen molar-refractivity contribution in [3.63, 3.8) is 0 Å². The van der Waals surface area contributed by atoms with E-state index in [0.29, 0.717) is 23.0 Å². The maximum Gasteiger partial charge on any atom is 0.164 e. The largest absolute Gasteiger partial charge is 0.309 e. The normalized spacial score (nSPS) is 11.3. The van der Waals surface area contributed by atoms with Crippen molar-refractivity contribution in [1.29, 1.82) is 0 Å². The van der Waals surface area contributed by atoms with Crippen LogP contribution in [0.2, 0.25) is 0 Å². The van der Waals surface area contributed by atoms with Gasteiger partial charge in [-0.25, -0.2) is 19.3 Å². The van der Waals surface area contributed by atoms with Crippen LogP contribution in [0.1, 0.15) is 0 Å². The molecule has 50 heavy (non-hydrogen) atoms. The molecule has 5 heteroatoms. The Hall–Kier alpha value is -6.72. The van der Waals surface area contributed by atoms with Gasteiger partial charge in [-0.15, -0.1) is 0 Å². The molecule has 2 heterocycles. The predicted molar refractivity (Wildman–Crippen MR) is 201 cm³/mol. The maximum absolute atomic E-state index is 13.9. The predicted octanol–water partition coefficient (Wildman–Crippen LogP) is 11.4. The summed E-state index contributed by atoms with van der Waals surface area (Å²) in [5.74, 6) is 1.27. The van der Waals surface area contributed by atoms with Gasteiger partial charge in [0.15, 0.2) is 17.5 Å². The minimum absolute atomic E-state index is 0.309. The summed E-state index contributed by atoms with van der Waals surface area (Å²) in [6, 6.07) is 58.8. The van der Waals surface area contributed by atoms with Crippen LogP contribution in [0.25, 0.3) is 83.9 Å². The zero-order chi connectivity index (χ0) is 33.4. The van der Waals surface area contributed by atoms with Gasteiger partial charge in [0, 0.05) is 33.2 Å². The number of benzene rings is 7. The minimum Gasteiger partial charge on any atom is -0.309 e. The van der Waals surface area contributed by atoms with Crippen LogP contribution < -0.4 is 0 Å². The van der Waals surface area contributed by atoms with E-state index >= 15 is 0 Å². The molecule has 0 saturated heterocycles. The van der Waals surface area contributed by atoms with Gasteiger partial charge in [-0.2, -0.15) is 0 Å². The number of fused-ring (bicyclic) bond motifs is 3. The molecule has 2 aromatic heterocycles. The molecule has 0 spiro atoms. The van der Waals surface area contributed by atoms with Gasteiger partial charge in [0.05, 0.1) is 11.0 Å². The molecule has 0 radical (unpaired) electrons. The van der Waals surface area contributed by atoms with E-state index in [-0.39, 0.29) is 5.82 Å². The first kappa shape index (κ1) is 29.4. The first-order valence-electron chi connectivity index (χ1n) is 16.6. The number of halogens is 1. The van der Waals surface area contributed by atoms with Crippen LogP contribution in [0, 0.1) is 5.82 Å². The molecular weight excluding hydrogens is 616 g/mol. The van der Waals surface area contributed by atoms with Crippen LogP contribution in [-0.2, 0) is 0 Å². The van der Waals surface area contributed by atoms with Crippen LogP contribution in [0.5, 0.6) is 0 Å². The molecule has 236 valence electrons. The molecule has 0 atom stereocenters. The average Bonchev–Trinajstić information content (AvgIpc) is 3.52. The second kappa shape index (κ2) is 12.4. The van der Waals surface area contributed by atoms with Gasteiger partial charge in [0.2, 0.25) is 0 Å². The number of hydrogen-bond donors (Lipinski definition) is 0. The Morgan fingerprint density at radius 1 is 0.340 bits per heavy atom. The molecule has 0 aliphatic rings. The maximum atomic E-state index is 13.9. The molecule has 0 bridgehead atoms. The summed E-state index contributed by atoms with van der Waals surface area (Å²) in [5, 5.41) is 2.41. The Morgan fingerprint density at radius 2 is 0.760 bits per heavy atom. The van der Waals surface area contributed by atoms with Gasteiger partial charge in [0.1, 0.15) is 5.82 Å². The van der Waals surface area contributed by atoms with Gasteiger partial charge in [-0.05, 0) is 89.0 Å². The Morgan fingerprint density at radius 3 is 1.36 bits per heavy atom. The summed E-state index contributed by atoms with van der Waals surface area (Å²) in [6.45, 7) is 0. The molecule has 9 rings (SSSR count). The topological polar surface area (TPSA) is 43.6 Å². The molecule has 0 aliphatic carbocycles. The molecule has 0 unspecified atom stereocenters. The standard InChI is InChI=1S/C45H29FN4/c46-37-24-19-34(20-25-37)44-47-43(33-17-15-32(16-18-33)30-9-3-1-4-10-30)48-45(49-44)35-21-26-38(27-22-35)50-41-14-8-7-13-39(41)40-29-36(23-28-42(40)50)31-11-5-2-6-12-31/h1-29H. The van der Waals surface area contributed by atoms with E-state index in [1.165, 1.54) is 34.0 Å². The molecule has 4 nitrogen and oxygen atoms in total. The lowest BCUT2D eigenvalue weighted by atomic mass is 10.0. The Kier molecular flexibility index (Phi) is 7.29. The zero-order valence-corrected chi connectivity index (χ0v) is 26.9. The quantitative estimate of drug-likeness (QED) is 0.181. The monoisotopic (exact) mass is 644 g/mol. The van der Waals surface area contributed by atoms with E-state index in [1.54, 1.807) is 12.1 Å². The smallest absolute Gasteiger partial charge is 0.164 e. The van der Waals surface area contributed by atoms with Crippen molar-refractivity contribution in [2.75, 3.05) is 0 Å². The average molecular weight is 645 g/mol. The van der Waals surface area contributed by atoms with Crippen molar-refractivity contribution in [3.05, 3.63) is 182 Å². The third-order valence-electron chi connectivity index (χ3n) is 9.15. The highest BCUT2D eigenvalue weighted by Crippen LogP contribution is 2.35. The van der Waals surface area contributed by atoms with Crippen molar-refractivity contribution >= 4 is 21.8 Å². The SMILES string of the molecule is Fc1ccc(-c2nc(-c3ccc(-c4ccccc4)cc3)nc(-c3ccc(-n4c5ccccc5c5cc(-c6ccccc6)ccc54)cc3)n2)cc1. The van der Waals surface area contributed by atoms with Crippen molar-refractivity contribution in [1.82, 2.24) is 19.5 Å². The fraction of sp³-hybridized carbons (Fsp3) is 0. The number of rotatable bonds is 6. The lowest BCUT2D eigenvalue weighted by molar-refractivity contribution is 0.628. The van der Waals surface area contributed by atoms with Crippen molar-refractivity contribution in [2.24, 2.45) is 0 Å². The number of para-hydroxylation sites is 1. The summed E-state index contributed by atoms with van der Waals surface area (Å²) in [6.07, 6.45) is 0. The fourth-order valence-corrected chi connectivity index (χ4v) is 6.63. The first-order chi connectivity index (χ1) is 24.7. The highest BCUT2D eigenvalue weighted by atomic mass is 19.1. The van der Waals surface area contributed by atoms with Crippen molar-refractivity contribution in [3.8, 4) is 62.1 Å². The van der Waals surface area contributed by atoms with Crippen LogP contribution >= 0.6 is 0 Å². The molecular formula is C45H29FN4. The van der Waals surface area contributed by atoms with E-state index in [4.69, 9.17) is 15.0 Å². The lowest BCUT2D eigenvalue weighted by Gasteiger charge is -2.11. The summed E-state index contributed by atoms with van der Waals surface area (Å²) < 4.78 is 16.2. The second-order valence-electron chi connectivity index (χ2n) is 12.3. The highest BCUT2D eigenvalue weighted by molar-refractivity contribution is 6.10. The van der Waals surface area contributed by atoms with E-state index in [1.807, 2.05) is 36.4 Å². The summed E-state index contributed by atoms with van der Waals surface area (Å²) >= 11 is 0. The van der Waals surface area contributed by atoms with Gasteiger partial charge in [-0.1, -0.05) is 109 Å². The highest BCUT2D eigenvalue weighted by Gasteiger charge is 2.16. The Balaban J connectivity index is 1.13. The molecule has 7 aromatic carbocycles. The number of hydrogen-bond acceptors (Lipinski definition) is 3. The Labute approximate surface area is 288 Å². The van der Waals surface area contributed by atoms with Gasteiger partial charge in [-0.3, -0.25) is 0 Å². The Bertz CT molecular complexity index is 2610. The third kappa shape index (κ3) is 5.41. The van der Waals surface area contributed by atoms with Crippen molar-refractivity contribution in [2.45, 2.75) is 0 Å². The van der Waals surface area contributed by atoms with E-state index in [2.05, 4.69) is 120 Å². The molecule has 0 amide bonds. The van der Waals surface area contributed by atoms with Gasteiger partial charge >= 0.3 is 0 Å². The summed E-state index contributed by atoms with van der Waals surface area (Å²) in [4.78, 5) is 14.7. The molecule has 0 saturated carbocycles. The fourth-order valence-electron chi connectivity index (χ4n) is 6.63. The lowest BCUT2D eigenvalue weighted by Crippen LogP contribution is -2.00. The number of nitrogens with zero attached hydrogens (tertiary/aromatic N) is 4. The van der Waals surface area contributed by atoms with Crippen LogP contribution in [0.3, 0.4) is 0 Å². The van der Waals surface area contributed by atoms with E-state index < -0.39 is 0 Å². The van der Waals surface area contributed by atoms with Crippen molar-refractivity contribution < 1.29 is 4.39 Å². The van der Waals surface area contributed by atoms with E-state index in [0.717, 1.165) is 39.0 Å². The zero-order valence-electron chi connectivity index (χ0n) is 26.9. The molecule has 0 fully saturated rings.